The van der Waals surface area contributed by atoms with Crippen molar-refractivity contribution in [1.82, 2.24) is 4.57 Å². The van der Waals surface area contributed by atoms with E-state index < -0.39 is 147 Å². The maximum absolute atomic E-state index is 9.93. The highest BCUT2D eigenvalue weighted by Gasteiger charge is 2.21. The number of anilines is 3. The maximum Gasteiger partial charge on any atom is 0.143 e. The van der Waals surface area contributed by atoms with Gasteiger partial charge in [0.25, 0.3) is 0 Å². The van der Waals surface area contributed by atoms with E-state index in [1.165, 1.54) is 0 Å². The third-order valence-electron chi connectivity index (χ3n) is 9.68. The summed E-state index contributed by atoms with van der Waals surface area (Å²) in [7, 11) is 0. The van der Waals surface area contributed by atoms with Crippen LogP contribution < -0.4 is 4.90 Å². The highest BCUT2D eigenvalue weighted by atomic mass is 16.3. The van der Waals surface area contributed by atoms with Gasteiger partial charge in [-0.3, -0.25) is 0 Å². The van der Waals surface area contributed by atoms with Gasteiger partial charge in [0.1, 0.15) is 11.2 Å². The molecular formula is C52H34N2O. The molecule has 0 aliphatic rings. The molecule has 0 bridgehead atoms. The first-order chi connectivity index (χ1) is 34.4. The summed E-state index contributed by atoms with van der Waals surface area (Å²) in [4.78, 5) is 0.836. The van der Waals surface area contributed by atoms with Crippen molar-refractivity contribution in [3.8, 4) is 27.9 Å². The second kappa shape index (κ2) is 12.6. The standard InChI is InChI=1S/C52H34N2O/c1-2-14-35(15-3-1)38-17-12-18-40(34-38)53(49-26-13-27-50-51(49)45-33-30-36-16-4-5-20-42(36)52(45)55-50)39-31-28-37(29-32-39)41-19-6-9-23-46(41)54-47-24-10-7-21-43(47)44-22-8-11-25-48(44)54/h1-34H/i4D,5D,12D,13D,16D,17D,18D,20D,26D,27D,28D,29D,30D,31D,32D,33D,34D. The average molecular weight is 720 g/mol. The number of aromatic nitrogens is 1. The Hall–Kier alpha value is -7.36. The minimum atomic E-state index is -0.865. The van der Waals surface area contributed by atoms with Gasteiger partial charge in [-0.1, -0.05) is 145 Å². The van der Waals surface area contributed by atoms with Gasteiger partial charge < -0.3 is 13.9 Å². The molecule has 0 fully saturated rings. The molecule has 0 aliphatic carbocycles. The Balaban J connectivity index is 1.31. The summed E-state index contributed by atoms with van der Waals surface area (Å²) in [5, 5.41) is 0.266. The van der Waals surface area contributed by atoms with Gasteiger partial charge in [0.2, 0.25) is 0 Å². The summed E-state index contributed by atoms with van der Waals surface area (Å²) in [5.74, 6) is 0. The van der Waals surface area contributed by atoms with Crippen LogP contribution in [0.4, 0.5) is 17.1 Å². The van der Waals surface area contributed by atoms with E-state index in [1.54, 1.807) is 54.6 Å². The monoisotopic (exact) mass is 719 g/mol. The van der Waals surface area contributed by atoms with Crippen molar-refractivity contribution in [1.29, 1.82) is 0 Å². The van der Waals surface area contributed by atoms with Crippen molar-refractivity contribution in [3.05, 3.63) is 206 Å². The molecule has 0 aliphatic heterocycles. The first-order valence-corrected chi connectivity index (χ1v) is 17.4. The molecule has 0 atom stereocenters. The summed E-state index contributed by atoms with van der Waals surface area (Å²) in [5.41, 5.74) is -0.662. The topological polar surface area (TPSA) is 21.3 Å². The molecule has 0 unspecified atom stereocenters. The fourth-order valence-corrected chi connectivity index (χ4v) is 7.26. The van der Waals surface area contributed by atoms with Crippen LogP contribution in [0.1, 0.15) is 23.3 Å². The van der Waals surface area contributed by atoms with Gasteiger partial charge >= 0.3 is 0 Å². The minimum absolute atomic E-state index is 0.156. The summed E-state index contributed by atoms with van der Waals surface area (Å²) in [6.07, 6.45) is 0. The predicted octanol–water partition coefficient (Wildman–Crippen LogP) is 14.6. The van der Waals surface area contributed by atoms with Gasteiger partial charge in [-0.15, -0.1) is 0 Å². The molecule has 0 saturated heterocycles. The Morgan fingerprint density at radius 2 is 1.18 bits per heavy atom. The number of hydrogen-bond acceptors (Lipinski definition) is 2. The van der Waals surface area contributed by atoms with E-state index >= 15 is 0 Å². The predicted molar refractivity (Wildman–Crippen MR) is 231 cm³/mol. The quantitative estimate of drug-likeness (QED) is 0.171. The third kappa shape index (κ3) is 5.05. The fraction of sp³-hybridized carbons (Fsp3) is 0. The van der Waals surface area contributed by atoms with Gasteiger partial charge in [-0.25, -0.2) is 0 Å². The normalized spacial score (nSPS) is 16.0. The second-order valence-corrected chi connectivity index (χ2v) is 12.8. The van der Waals surface area contributed by atoms with Gasteiger partial charge in [0.15, 0.2) is 0 Å². The van der Waals surface area contributed by atoms with Crippen LogP contribution in [0.3, 0.4) is 0 Å². The third-order valence-corrected chi connectivity index (χ3v) is 9.68. The van der Waals surface area contributed by atoms with Crippen molar-refractivity contribution in [2.75, 3.05) is 4.90 Å². The number of nitrogens with zero attached hydrogens (tertiary/aromatic N) is 2. The molecule has 0 radical (unpaired) electrons. The Morgan fingerprint density at radius 1 is 0.473 bits per heavy atom. The molecule has 9 aromatic carbocycles. The van der Waals surface area contributed by atoms with Crippen molar-refractivity contribution >= 4 is 71.6 Å². The maximum atomic E-state index is 9.93. The van der Waals surface area contributed by atoms with Crippen LogP contribution >= 0.6 is 0 Å². The Morgan fingerprint density at radius 3 is 2.00 bits per heavy atom. The van der Waals surface area contributed by atoms with Gasteiger partial charge in [-0.2, -0.15) is 0 Å². The van der Waals surface area contributed by atoms with Gasteiger partial charge in [-0.05, 0) is 82.6 Å². The van der Waals surface area contributed by atoms with Crippen LogP contribution in [0.25, 0.3) is 82.5 Å². The number of hydrogen-bond donors (Lipinski definition) is 0. The van der Waals surface area contributed by atoms with Crippen LogP contribution in [0.15, 0.2) is 210 Å². The lowest BCUT2D eigenvalue weighted by Gasteiger charge is -2.27. The molecule has 55 heavy (non-hydrogen) atoms. The molecule has 3 nitrogen and oxygen atoms in total. The highest BCUT2D eigenvalue weighted by Crippen LogP contribution is 2.45. The number of furan rings is 1. The summed E-state index contributed by atoms with van der Waals surface area (Å²) < 4.78 is 166. The lowest BCUT2D eigenvalue weighted by molar-refractivity contribution is 0.672. The largest absolute Gasteiger partial charge is 0.455 e. The molecule has 11 rings (SSSR count). The minimum Gasteiger partial charge on any atom is -0.455 e. The Labute approximate surface area is 342 Å². The van der Waals surface area contributed by atoms with Crippen LogP contribution in [0.5, 0.6) is 0 Å². The molecule has 2 heterocycles. The molecule has 0 N–H and O–H groups in total. The van der Waals surface area contributed by atoms with E-state index in [4.69, 9.17) is 16.8 Å². The van der Waals surface area contributed by atoms with E-state index in [9.17, 15) is 11.0 Å². The molecule has 3 heteroatoms. The zero-order valence-corrected chi connectivity index (χ0v) is 28.6. The number of fused-ring (bicyclic) bond motifs is 8. The number of rotatable bonds is 6. The van der Waals surface area contributed by atoms with Crippen LogP contribution in [-0.4, -0.2) is 4.57 Å². The van der Waals surface area contributed by atoms with E-state index in [0.717, 1.165) is 26.7 Å². The average Bonchev–Trinajstić information content (AvgIpc) is 3.94. The Bertz CT molecular complexity index is 4120. The second-order valence-electron chi connectivity index (χ2n) is 12.8. The first-order valence-electron chi connectivity index (χ1n) is 25.9. The molecule has 0 spiro atoms. The zero-order valence-electron chi connectivity index (χ0n) is 45.6. The molecular weight excluding hydrogens is 669 g/mol. The lowest BCUT2D eigenvalue weighted by atomic mass is 10.0. The smallest absolute Gasteiger partial charge is 0.143 e. The number of benzene rings is 9. The van der Waals surface area contributed by atoms with Crippen LogP contribution in [0.2, 0.25) is 0 Å². The fourth-order valence-electron chi connectivity index (χ4n) is 7.26. The Kier molecular flexibility index (Phi) is 4.28. The lowest BCUT2D eigenvalue weighted by Crippen LogP contribution is -2.10. The number of para-hydroxylation sites is 3. The SMILES string of the molecule is [2H]c1c([2H])c(-c2ccccc2)c([2H])c(N(c2c([2H])c([2H])c(-c3ccccc3-n3c4ccccc4c4ccccc43)c([2H])c2[2H])c2c([2H])c([2H])c([2H])c3oc4c5c([2H])c([2H])c([2H])c([2H])c5c([2H])c([2H])c4c23)c1[2H]. The molecule has 258 valence electrons. The van der Waals surface area contributed by atoms with E-state index in [2.05, 4.69) is 0 Å². The van der Waals surface area contributed by atoms with Crippen LogP contribution in [0, 0.1) is 0 Å². The van der Waals surface area contributed by atoms with E-state index in [-0.39, 0.29) is 27.6 Å². The van der Waals surface area contributed by atoms with Crippen molar-refractivity contribution in [3.63, 3.8) is 0 Å². The van der Waals surface area contributed by atoms with Crippen molar-refractivity contribution < 1.29 is 27.7 Å². The highest BCUT2D eigenvalue weighted by molar-refractivity contribution is 6.19. The van der Waals surface area contributed by atoms with Crippen LogP contribution in [-0.2, 0) is 0 Å². The van der Waals surface area contributed by atoms with Crippen molar-refractivity contribution in [2.24, 2.45) is 0 Å². The summed E-state index contributed by atoms with van der Waals surface area (Å²) in [6, 6.07) is 18.2. The van der Waals surface area contributed by atoms with E-state index in [0.29, 0.717) is 5.69 Å². The zero-order chi connectivity index (χ0) is 51.1. The van der Waals surface area contributed by atoms with E-state index in [1.807, 2.05) is 53.1 Å². The first kappa shape index (κ1) is 18.6. The summed E-state index contributed by atoms with van der Waals surface area (Å²) in [6.45, 7) is 0. The van der Waals surface area contributed by atoms with Gasteiger partial charge in [0, 0.05) is 38.5 Å². The molecule has 0 amide bonds. The van der Waals surface area contributed by atoms with Gasteiger partial charge in [0.05, 0.1) is 51.1 Å². The molecule has 2 aromatic heterocycles. The summed E-state index contributed by atoms with van der Waals surface area (Å²) >= 11 is 0. The molecule has 11 aromatic rings. The molecule has 0 saturated carbocycles. The van der Waals surface area contributed by atoms with Crippen molar-refractivity contribution in [2.45, 2.75) is 0 Å².